The molecule has 1 aromatic carbocycles. The lowest BCUT2D eigenvalue weighted by Gasteiger charge is -2.18. The lowest BCUT2D eigenvalue weighted by Crippen LogP contribution is -2.32. The number of nitrogens with zero attached hydrogens (tertiary/aromatic N) is 3. The van der Waals surface area contributed by atoms with E-state index in [-0.39, 0.29) is 18.3 Å². The van der Waals surface area contributed by atoms with Gasteiger partial charge in [0, 0.05) is 31.7 Å². The summed E-state index contributed by atoms with van der Waals surface area (Å²) in [6.45, 7) is 7.53. The fourth-order valence-electron chi connectivity index (χ4n) is 4.33. The molecule has 2 aliphatic heterocycles. The van der Waals surface area contributed by atoms with Crippen molar-refractivity contribution >= 4 is 29.4 Å². The minimum atomic E-state index is 0. The number of fused-ring (bicyclic) bond motifs is 2. The number of rotatable bonds is 2. The highest BCUT2D eigenvalue weighted by Crippen LogP contribution is 2.31. The molecule has 0 bridgehead atoms. The van der Waals surface area contributed by atoms with Crippen molar-refractivity contribution in [3.63, 3.8) is 0 Å². The van der Waals surface area contributed by atoms with Crippen LogP contribution in [0.25, 0.3) is 22.4 Å². The third-order valence-electron chi connectivity index (χ3n) is 5.87. The highest BCUT2D eigenvalue weighted by molar-refractivity contribution is 6.07. The molecule has 28 heavy (non-hydrogen) atoms. The Labute approximate surface area is 169 Å². The van der Waals surface area contributed by atoms with Gasteiger partial charge in [-0.15, -0.1) is 12.4 Å². The summed E-state index contributed by atoms with van der Waals surface area (Å²) >= 11 is 0. The summed E-state index contributed by atoms with van der Waals surface area (Å²) in [6, 6.07) is 10.0. The first-order valence-corrected chi connectivity index (χ1v) is 9.44. The van der Waals surface area contributed by atoms with E-state index >= 15 is 0 Å². The Hall–Kier alpha value is -2.44. The Kier molecular flexibility index (Phi) is 4.85. The molecular weight excluding hydrogens is 376 g/mol. The Bertz CT molecular complexity index is 1020. The first kappa shape index (κ1) is 18.9. The Morgan fingerprint density at radius 1 is 1.14 bits per heavy atom. The fourth-order valence-corrected chi connectivity index (χ4v) is 4.33. The van der Waals surface area contributed by atoms with Crippen LogP contribution in [0.4, 0.5) is 0 Å². The van der Waals surface area contributed by atoms with Crippen molar-refractivity contribution in [3.05, 3.63) is 47.2 Å². The molecule has 1 N–H and O–H groups in total. The number of hydrogen-bond acceptors (Lipinski definition) is 5. The molecular formula is C21H23ClN4O2. The number of carbonyl (C=O) groups excluding carboxylic acids is 1. The molecule has 4 heterocycles. The minimum absolute atomic E-state index is 0. The van der Waals surface area contributed by atoms with Crippen molar-refractivity contribution in [3.8, 4) is 11.3 Å². The minimum Gasteiger partial charge on any atom is -0.338 e. The molecule has 146 valence electrons. The third kappa shape index (κ3) is 3.06. The van der Waals surface area contributed by atoms with Gasteiger partial charge in [0.25, 0.3) is 11.6 Å². The van der Waals surface area contributed by atoms with Gasteiger partial charge in [-0.25, -0.2) is 4.98 Å². The fraction of sp³-hybridized carbons (Fsp3) is 0.381. The van der Waals surface area contributed by atoms with E-state index in [0.29, 0.717) is 28.8 Å². The van der Waals surface area contributed by atoms with E-state index in [1.54, 1.807) is 0 Å². The van der Waals surface area contributed by atoms with Gasteiger partial charge in [-0.2, -0.15) is 0 Å². The number of pyridine rings is 1. The van der Waals surface area contributed by atoms with Crippen molar-refractivity contribution in [2.45, 2.75) is 13.8 Å². The number of carbonyl (C=O) groups is 1. The molecule has 1 amide bonds. The molecule has 3 aromatic rings. The zero-order valence-electron chi connectivity index (χ0n) is 15.9. The molecule has 2 fully saturated rings. The van der Waals surface area contributed by atoms with E-state index in [0.717, 1.165) is 42.8 Å². The van der Waals surface area contributed by atoms with E-state index in [2.05, 4.69) is 15.5 Å². The van der Waals surface area contributed by atoms with Crippen LogP contribution in [0.1, 0.15) is 21.6 Å². The van der Waals surface area contributed by atoms with Crippen LogP contribution in [-0.4, -0.2) is 47.1 Å². The van der Waals surface area contributed by atoms with Crippen LogP contribution in [0.15, 0.2) is 34.9 Å². The maximum atomic E-state index is 13.4. The van der Waals surface area contributed by atoms with E-state index in [1.165, 1.54) is 5.56 Å². The predicted molar refractivity (Wildman–Crippen MR) is 110 cm³/mol. The summed E-state index contributed by atoms with van der Waals surface area (Å²) in [6.07, 6.45) is 0. The first-order valence-electron chi connectivity index (χ1n) is 9.44. The van der Waals surface area contributed by atoms with Crippen molar-refractivity contribution < 1.29 is 9.32 Å². The molecule has 0 unspecified atom stereocenters. The SMILES string of the molecule is Cc1ccc(-c2cc(C(=O)N3C[C@H]4CNC[C@H]4C3)c3c(C)noc3n2)cc1.Cl. The number of hydrogen-bond donors (Lipinski definition) is 1. The Morgan fingerprint density at radius 2 is 1.82 bits per heavy atom. The second-order valence-electron chi connectivity index (χ2n) is 7.76. The number of amides is 1. The summed E-state index contributed by atoms with van der Waals surface area (Å²) in [5.74, 6) is 1.18. The van der Waals surface area contributed by atoms with Crippen molar-refractivity contribution in [1.29, 1.82) is 0 Å². The lowest BCUT2D eigenvalue weighted by molar-refractivity contribution is 0.0783. The molecule has 0 radical (unpaired) electrons. The number of nitrogens with one attached hydrogen (secondary N) is 1. The van der Waals surface area contributed by atoms with Crippen LogP contribution in [-0.2, 0) is 0 Å². The predicted octanol–water partition coefficient (Wildman–Crippen LogP) is 3.22. The summed E-state index contributed by atoms with van der Waals surface area (Å²) in [5, 5.41) is 8.20. The second-order valence-corrected chi connectivity index (χ2v) is 7.76. The molecule has 0 saturated carbocycles. The summed E-state index contributed by atoms with van der Waals surface area (Å²) in [5.41, 5.74) is 4.66. The van der Waals surface area contributed by atoms with Gasteiger partial charge in [0.1, 0.15) is 0 Å². The lowest BCUT2D eigenvalue weighted by atomic mass is 10.0. The molecule has 7 heteroatoms. The zero-order chi connectivity index (χ0) is 18.5. The highest BCUT2D eigenvalue weighted by Gasteiger charge is 2.39. The second kappa shape index (κ2) is 7.18. The van der Waals surface area contributed by atoms with Crippen LogP contribution >= 0.6 is 12.4 Å². The summed E-state index contributed by atoms with van der Waals surface area (Å²) < 4.78 is 5.42. The van der Waals surface area contributed by atoms with Crippen LogP contribution in [0.3, 0.4) is 0 Å². The van der Waals surface area contributed by atoms with Gasteiger partial charge in [0.15, 0.2) is 0 Å². The van der Waals surface area contributed by atoms with Crippen molar-refractivity contribution in [2.24, 2.45) is 11.8 Å². The molecule has 5 rings (SSSR count). The van der Waals surface area contributed by atoms with E-state index in [1.807, 2.05) is 49.1 Å². The first-order chi connectivity index (χ1) is 13.1. The summed E-state index contributed by atoms with van der Waals surface area (Å²) in [7, 11) is 0. The molecule has 0 spiro atoms. The average molecular weight is 399 g/mol. The monoisotopic (exact) mass is 398 g/mol. The average Bonchev–Trinajstić information content (AvgIpc) is 3.36. The Balaban J connectivity index is 0.00000192. The maximum Gasteiger partial charge on any atom is 0.259 e. The molecule has 2 saturated heterocycles. The van der Waals surface area contributed by atoms with Crippen LogP contribution in [0.5, 0.6) is 0 Å². The standard InChI is InChI=1S/C21H22N4O2.ClH/c1-12-3-5-14(6-4-12)18-7-17(19-13(2)24-27-20(19)23-18)21(26)25-10-15-8-22-9-16(15)11-25;/h3-7,15-16,22H,8-11H2,1-2H3;1H/t15-,16+;. The van der Waals surface area contributed by atoms with Crippen LogP contribution in [0, 0.1) is 25.7 Å². The van der Waals surface area contributed by atoms with E-state index in [4.69, 9.17) is 4.52 Å². The van der Waals surface area contributed by atoms with E-state index < -0.39 is 0 Å². The molecule has 0 aliphatic carbocycles. The molecule has 2 aliphatic rings. The third-order valence-corrected chi connectivity index (χ3v) is 5.87. The molecule has 6 nitrogen and oxygen atoms in total. The van der Waals surface area contributed by atoms with Gasteiger partial charge >= 0.3 is 0 Å². The zero-order valence-corrected chi connectivity index (χ0v) is 16.8. The number of aryl methyl sites for hydroxylation is 2. The van der Waals surface area contributed by atoms with Crippen molar-refractivity contribution in [1.82, 2.24) is 20.4 Å². The molecule has 2 aromatic heterocycles. The topological polar surface area (TPSA) is 71.3 Å². The smallest absolute Gasteiger partial charge is 0.259 e. The van der Waals surface area contributed by atoms with Crippen LogP contribution < -0.4 is 5.32 Å². The van der Waals surface area contributed by atoms with E-state index in [9.17, 15) is 4.79 Å². The largest absolute Gasteiger partial charge is 0.338 e. The van der Waals surface area contributed by atoms with Gasteiger partial charge in [-0.1, -0.05) is 35.0 Å². The highest BCUT2D eigenvalue weighted by atomic mass is 35.5. The molecule has 2 atom stereocenters. The van der Waals surface area contributed by atoms with Gasteiger partial charge in [-0.3, -0.25) is 4.79 Å². The van der Waals surface area contributed by atoms with Gasteiger partial charge in [0.2, 0.25) is 0 Å². The number of benzene rings is 1. The van der Waals surface area contributed by atoms with Crippen LogP contribution in [0.2, 0.25) is 0 Å². The quantitative estimate of drug-likeness (QED) is 0.717. The number of halogens is 1. The summed E-state index contributed by atoms with van der Waals surface area (Å²) in [4.78, 5) is 20.0. The Morgan fingerprint density at radius 3 is 2.50 bits per heavy atom. The normalized spacial score (nSPS) is 21.0. The maximum absolute atomic E-state index is 13.4. The van der Waals surface area contributed by atoms with Gasteiger partial charge in [0.05, 0.1) is 22.3 Å². The number of likely N-dealkylation sites (tertiary alicyclic amines) is 1. The van der Waals surface area contributed by atoms with Gasteiger partial charge in [-0.05, 0) is 31.7 Å². The van der Waals surface area contributed by atoms with Gasteiger partial charge < -0.3 is 14.7 Å². The van der Waals surface area contributed by atoms with Crippen molar-refractivity contribution in [2.75, 3.05) is 26.2 Å². The number of aromatic nitrogens is 2.